The Morgan fingerprint density at radius 1 is 1.21 bits per heavy atom. The van der Waals surface area contributed by atoms with E-state index in [2.05, 4.69) is 29.4 Å². The van der Waals surface area contributed by atoms with Gasteiger partial charge in [-0.1, -0.05) is 25.4 Å². The number of hydrogen-bond acceptors (Lipinski definition) is 4. The van der Waals surface area contributed by atoms with E-state index >= 15 is 0 Å². The van der Waals surface area contributed by atoms with Crippen molar-refractivity contribution < 1.29 is 14.7 Å². The van der Waals surface area contributed by atoms with Crippen LogP contribution in [0.25, 0.3) is 0 Å². The second-order valence-corrected chi connectivity index (χ2v) is 5.92. The molecule has 134 valence electrons. The molecule has 1 amide bonds. The summed E-state index contributed by atoms with van der Waals surface area (Å²) in [4.78, 5) is 25.6. The number of nitrogens with one attached hydrogen (secondary N) is 2. The van der Waals surface area contributed by atoms with Gasteiger partial charge in [0.15, 0.2) is 0 Å². The summed E-state index contributed by atoms with van der Waals surface area (Å²) < 4.78 is 0. The Labute approximate surface area is 148 Å². The molecule has 0 saturated heterocycles. The number of carbonyl (C=O) groups excluding carboxylic acids is 1. The fourth-order valence-electron chi connectivity index (χ4n) is 2.30. The van der Waals surface area contributed by atoms with Crippen LogP contribution in [0.4, 0.5) is 5.69 Å². The quantitative estimate of drug-likeness (QED) is 0.531. The average Bonchev–Trinajstić information content (AvgIpc) is 2.55. The van der Waals surface area contributed by atoms with Gasteiger partial charge in [0.2, 0.25) is 5.91 Å². The van der Waals surface area contributed by atoms with Crippen LogP contribution in [0.5, 0.6) is 0 Å². The molecule has 1 rings (SSSR count). The fourth-order valence-corrected chi connectivity index (χ4v) is 2.42. The first-order valence-electron chi connectivity index (χ1n) is 8.20. The van der Waals surface area contributed by atoms with Crippen LogP contribution in [0.2, 0.25) is 5.02 Å². The van der Waals surface area contributed by atoms with Crippen LogP contribution in [0.1, 0.15) is 26.7 Å². The van der Waals surface area contributed by atoms with E-state index in [1.54, 1.807) is 24.3 Å². The molecule has 0 spiro atoms. The lowest BCUT2D eigenvalue weighted by Crippen LogP contribution is -2.41. The second kappa shape index (κ2) is 11.0. The predicted molar refractivity (Wildman–Crippen MR) is 96.5 cm³/mol. The third-order valence-electron chi connectivity index (χ3n) is 3.75. The number of halogens is 1. The molecule has 0 aromatic heterocycles. The van der Waals surface area contributed by atoms with E-state index in [1.807, 2.05) is 0 Å². The highest BCUT2D eigenvalue weighted by atomic mass is 35.5. The Morgan fingerprint density at radius 2 is 1.83 bits per heavy atom. The molecule has 0 bridgehead atoms. The van der Waals surface area contributed by atoms with E-state index in [0.717, 1.165) is 26.1 Å². The number of nitrogens with zero attached hydrogens (tertiary/aromatic N) is 1. The number of rotatable bonds is 11. The van der Waals surface area contributed by atoms with E-state index in [9.17, 15) is 14.7 Å². The number of hydrogen-bond donors (Lipinski definition) is 3. The van der Waals surface area contributed by atoms with E-state index in [1.165, 1.54) is 0 Å². The van der Waals surface area contributed by atoms with Crippen LogP contribution >= 0.6 is 11.6 Å². The lowest BCUT2D eigenvalue weighted by Gasteiger charge is -2.19. The topological polar surface area (TPSA) is 81.7 Å². The summed E-state index contributed by atoms with van der Waals surface area (Å²) in [6.07, 6.45) is 0.716. The summed E-state index contributed by atoms with van der Waals surface area (Å²) in [5.74, 6) is -1.37. The molecule has 1 aromatic rings. The maximum absolute atomic E-state index is 12.0. The summed E-state index contributed by atoms with van der Waals surface area (Å²) >= 11 is 5.78. The molecule has 24 heavy (non-hydrogen) atoms. The lowest BCUT2D eigenvalue weighted by atomic mass is 10.2. The standard InChI is InChI=1S/C17H26ClN3O3/c1-3-21(4-2)11-5-10-19-15(17(23)24)12-16(22)20-14-8-6-13(18)7-9-14/h6-9,15,19H,3-5,10-12H2,1-2H3,(H,20,22)(H,23,24). The van der Waals surface area contributed by atoms with Crippen LogP contribution in [0.15, 0.2) is 24.3 Å². The normalized spacial score (nSPS) is 12.2. The van der Waals surface area contributed by atoms with Gasteiger partial charge < -0.3 is 20.6 Å². The molecule has 6 nitrogen and oxygen atoms in total. The fraction of sp³-hybridized carbons (Fsp3) is 0.529. The van der Waals surface area contributed by atoms with Crippen molar-refractivity contribution in [1.82, 2.24) is 10.2 Å². The van der Waals surface area contributed by atoms with Crippen molar-refractivity contribution in [3.05, 3.63) is 29.3 Å². The molecule has 3 N–H and O–H groups in total. The van der Waals surface area contributed by atoms with E-state index in [-0.39, 0.29) is 12.3 Å². The molecule has 1 aromatic carbocycles. The highest BCUT2D eigenvalue weighted by molar-refractivity contribution is 6.30. The zero-order valence-electron chi connectivity index (χ0n) is 14.2. The number of amides is 1. The zero-order chi connectivity index (χ0) is 17.9. The molecular formula is C17H26ClN3O3. The van der Waals surface area contributed by atoms with Crippen molar-refractivity contribution in [2.45, 2.75) is 32.7 Å². The van der Waals surface area contributed by atoms with Crippen LogP contribution in [0.3, 0.4) is 0 Å². The molecule has 0 heterocycles. The highest BCUT2D eigenvalue weighted by Gasteiger charge is 2.20. The van der Waals surface area contributed by atoms with Gasteiger partial charge in [0.25, 0.3) is 0 Å². The van der Waals surface area contributed by atoms with Crippen molar-refractivity contribution in [3.63, 3.8) is 0 Å². The Bertz CT molecular complexity index is 518. The first-order valence-corrected chi connectivity index (χ1v) is 8.58. The summed E-state index contributed by atoms with van der Waals surface area (Å²) in [6, 6.07) is 5.78. The molecule has 1 unspecified atom stereocenters. The molecule has 0 aliphatic carbocycles. The van der Waals surface area contributed by atoms with Gasteiger partial charge in [-0.2, -0.15) is 0 Å². The largest absolute Gasteiger partial charge is 0.480 e. The SMILES string of the molecule is CCN(CC)CCCNC(CC(=O)Nc1ccc(Cl)cc1)C(=O)O. The molecule has 7 heteroatoms. The molecule has 1 atom stereocenters. The molecule has 0 fully saturated rings. The van der Waals surface area contributed by atoms with Crippen molar-refractivity contribution in [3.8, 4) is 0 Å². The van der Waals surface area contributed by atoms with Gasteiger partial charge in [0.05, 0.1) is 6.42 Å². The smallest absolute Gasteiger partial charge is 0.321 e. The van der Waals surface area contributed by atoms with Crippen LogP contribution < -0.4 is 10.6 Å². The number of carboxylic acids is 1. The molecule has 0 aliphatic rings. The minimum Gasteiger partial charge on any atom is -0.480 e. The van der Waals surface area contributed by atoms with Gasteiger partial charge in [0.1, 0.15) is 6.04 Å². The van der Waals surface area contributed by atoms with E-state index in [4.69, 9.17) is 11.6 Å². The van der Waals surface area contributed by atoms with Crippen molar-refractivity contribution in [2.75, 3.05) is 31.5 Å². The monoisotopic (exact) mass is 355 g/mol. The maximum Gasteiger partial charge on any atom is 0.321 e. The first kappa shape index (κ1) is 20.4. The minimum atomic E-state index is -1.02. The number of carboxylic acid groups (broad SMARTS) is 1. The Kier molecular flexibility index (Phi) is 9.37. The van der Waals surface area contributed by atoms with Gasteiger partial charge in [-0.3, -0.25) is 9.59 Å². The van der Waals surface area contributed by atoms with Gasteiger partial charge in [-0.25, -0.2) is 0 Å². The third kappa shape index (κ3) is 7.77. The maximum atomic E-state index is 12.0. The molecule has 0 aliphatic heterocycles. The van der Waals surface area contributed by atoms with Crippen LogP contribution in [-0.4, -0.2) is 54.1 Å². The number of benzene rings is 1. The van der Waals surface area contributed by atoms with Gasteiger partial charge in [-0.05, 0) is 56.9 Å². The van der Waals surface area contributed by atoms with Crippen molar-refractivity contribution >= 4 is 29.2 Å². The van der Waals surface area contributed by atoms with E-state index in [0.29, 0.717) is 17.3 Å². The van der Waals surface area contributed by atoms with Gasteiger partial charge in [0, 0.05) is 10.7 Å². The summed E-state index contributed by atoms with van der Waals surface area (Å²) in [7, 11) is 0. The van der Waals surface area contributed by atoms with E-state index < -0.39 is 12.0 Å². The zero-order valence-corrected chi connectivity index (χ0v) is 15.0. The van der Waals surface area contributed by atoms with Crippen LogP contribution in [-0.2, 0) is 9.59 Å². The van der Waals surface area contributed by atoms with Crippen molar-refractivity contribution in [1.29, 1.82) is 0 Å². The number of carbonyl (C=O) groups is 2. The molecular weight excluding hydrogens is 330 g/mol. The van der Waals surface area contributed by atoms with Gasteiger partial charge >= 0.3 is 5.97 Å². The van der Waals surface area contributed by atoms with Crippen molar-refractivity contribution in [2.24, 2.45) is 0 Å². The average molecular weight is 356 g/mol. The Hall–Kier alpha value is -1.63. The number of aliphatic carboxylic acids is 1. The molecule has 0 saturated carbocycles. The lowest BCUT2D eigenvalue weighted by molar-refractivity contribution is -0.141. The predicted octanol–water partition coefficient (Wildman–Crippen LogP) is 2.44. The first-order chi connectivity index (χ1) is 11.5. The minimum absolute atomic E-state index is 0.122. The second-order valence-electron chi connectivity index (χ2n) is 5.48. The molecule has 0 radical (unpaired) electrons. The summed E-state index contributed by atoms with van der Waals surface area (Å²) in [6.45, 7) is 7.60. The number of anilines is 1. The Balaban J connectivity index is 2.40. The summed E-state index contributed by atoms with van der Waals surface area (Å²) in [5, 5.41) is 15.4. The van der Waals surface area contributed by atoms with Crippen LogP contribution in [0, 0.1) is 0 Å². The van der Waals surface area contributed by atoms with Gasteiger partial charge in [-0.15, -0.1) is 0 Å². The third-order valence-corrected chi connectivity index (χ3v) is 4.00. The Morgan fingerprint density at radius 3 is 2.38 bits per heavy atom. The summed E-state index contributed by atoms with van der Waals surface area (Å²) in [5.41, 5.74) is 0.593. The highest BCUT2D eigenvalue weighted by Crippen LogP contribution is 2.13.